The highest BCUT2D eigenvalue weighted by Gasteiger charge is 2.18. The number of benzene rings is 1. The molecule has 1 atom stereocenters. The summed E-state index contributed by atoms with van der Waals surface area (Å²) in [7, 11) is 0. The number of carbonyl (C=O) groups excluding carboxylic acids is 1. The monoisotopic (exact) mass is 459 g/mol. The van der Waals surface area contributed by atoms with Crippen LogP contribution in [0.4, 0.5) is 0 Å². The Labute approximate surface area is 167 Å². The quantitative estimate of drug-likeness (QED) is 0.516. The van der Waals surface area contributed by atoms with Crippen molar-refractivity contribution < 1.29 is 4.79 Å². The first-order valence-electron chi connectivity index (χ1n) is 8.87. The highest BCUT2D eigenvalue weighted by Crippen LogP contribution is 2.22. The van der Waals surface area contributed by atoms with Crippen molar-refractivity contribution in [2.24, 2.45) is 0 Å². The van der Waals surface area contributed by atoms with Gasteiger partial charge < -0.3 is 5.32 Å². The molecular formula is C21H22IN3O. The topological polar surface area (TPSA) is 54.9 Å². The van der Waals surface area contributed by atoms with E-state index in [0.717, 1.165) is 33.8 Å². The van der Waals surface area contributed by atoms with Gasteiger partial charge >= 0.3 is 0 Å². The van der Waals surface area contributed by atoms with Gasteiger partial charge in [0.1, 0.15) is 0 Å². The Hall–Kier alpha value is -2.02. The second kappa shape index (κ2) is 8.58. The molecule has 0 aliphatic carbocycles. The molecule has 0 saturated heterocycles. The fraction of sp³-hybridized carbons (Fsp3) is 0.286. The zero-order valence-corrected chi connectivity index (χ0v) is 17.2. The van der Waals surface area contributed by atoms with Gasteiger partial charge in [-0.05, 0) is 53.6 Å². The van der Waals surface area contributed by atoms with E-state index in [1.54, 1.807) is 6.20 Å². The lowest BCUT2D eigenvalue weighted by Gasteiger charge is -2.20. The molecule has 1 amide bonds. The minimum absolute atomic E-state index is 0.00721. The van der Waals surface area contributed by atoms with Gasteiger partial charge in [0.2, 0.25) is 0 Å². The summed E-state index contributed by atoms with van der Waals surface area (Å²) in [6.07, 6.45) is 4.87. The molecule has 0 radical (unpaired) electrons. The maximum atomic E-state index is 13.0. The molecule has 3 aromatic rings. The first kappa shape index (κ1) is 18.8. The summed E-state index contributed by atoms with van der Waals surface area (Å²) in [6.45, 7) is 4.02. The molecule has 1 unspecified atom stereocenters. The van der Waals surface area contributed by atoms with Gasteiger partial charge in [0.15, 0.2) is 5.65 Å². The third-order valence-corrected chi connectivity index (χ3v) is 5.01. The van der Waals surface area contributed by atoms with Gasteiger partial charge in [0.05, 0.1) is 17.3 Å². The fourth-order valence-electron chi connectivity index (χ4n) is 3.01. The number of amides is 1. The summed E-state index contributed by atoms with van der Waals surface area (Å²) < 4.78 is 1.03. The van der Waals surface area contributed by atoms with E-state index in [1.165, 1.54) is 0 Å². The number of pyridine rings is 2. The van der Waals surface area contributed by atoms with Crippen LogP contribution in [0.25, 0.3) is 11.0 Å². The molecule has 0 spiro atoms. The molecular weight excluding hydrogens is 437 g/mol. The summed E-state index contributed by atoms with van der Waals surface area (Å²) in [5.74, 6) is -0.0827. The van der Waals surface area contributed by atoms with Crippen molar-refractivity contribution in [2.45, 2.75) is 39.2 Å². The fourth-order valence-corrected chi connectivity index (χ4v) is 3.48. The summed E-state index contributed by atoms with van der Waals surface area (Å²) in [6, 6.07) is 14.0. The Morgan fingerprint density at radius 3 is 2.73 bits per heavy atom. The highest BCUT2D eigenvalue weighted by molar-refractivity contribution is 14.1. The van der Waals surface area contributed by atoms with Crippen LogP contribution in [-0.4, -0.2) is 15.9 Å². The molecule has 26 heavy (non-hydrogen) atoms. The molecule has 0 aliphatic heterocycles. The van der Waals surface area contributed by atoms with Crippen LogP contribution in [0, 0.1) is 10.5 Å². The predicted molar refractivity (Wildman–Crippen MR) is 113 cm³/mol. The Bertz CT molecular complexity index is 912. The molecule has 0 bridgehead atoms. The van der Waals surface area contributed by atoms with E-state index < -0.39 is 0 Å². The van der Waals surface area contributed by atoms with Crippen LogP contribution >= 0.6 is 22.6 Å². The van der Waals surface area contributed by atoms with Crippen molar-refractivity contribution in [1.29, 1.82) is 0 Å². The van der Waals surface area contributed by atoms with Gasteiger partial charge in [-0.2, -0.15) is 0 Å². The van der Waals surface area contributed by atoms with Crippen molar-refractivity contribution in [3.05, 3.63) is 69.1 Å². The number of nitrogens with one attached hydrogen (secondary N) is 1. The Kier molecular flexibility index (Phi) is 6.19. The average molecular weight is 459 g/mol. The maximum Gasteiger partial charge on any atom is 0.253 e. The molecule has 1 N–H and O–H groups in total. The van der Waals surface area contributed by atoms with Crippen LogP contribution in [0.2, 0.25) is 0 Å². The summed E-state index contributed by atoms with van der Waals surface area (Å²) >= 11 is 2.22. The first-order valence-corrected chi connectivity index (χ1v) is 9.95. The normalized spacial score (nSPS) is 12.1. The van der Waals surface area contributed by atoms with Crippen molar-refractivity contribution in [2.75, 3.05) is 0 Å². The molecule has 4 nitrogen and oxygen atoms in total. The molecule has 5 heteroatoms. The van der Waals surface area contributed by atoms with E-state index in [2.05, 4.69) is 56.9 Å². The second-order valence-corrected chi connectivity index (χ2v) is 7.65. The summed E-state index contributed by atoms with van der Waals surface area (Å²) in [4.78, 5) is 21.8. The molecule has 0 aliphatic rings. The molecule has 0 saturated carbocycles. The third kappa shape index (κ3) is 4.38. The number of halogens is 1. The van der Waals surface area contributed by atoms with Crippen LogP contribution in [0.3, 0.4) is 0 Å². The van der Waals surface area contributed by atoms with Crippen molar-refractivity contribution in [1.82, 2.24) is 15.3 Å². The zero-order valence-electron chi connectivity index (χ0n) is 15.0. The zero-order chi connectivity index (χ0) is 18.5. The first-order chi connectivity index (χ1) is 12.6. The second-order valence-electron chi connectivity index (χ2n) is 6.40. The van der Waals surface area contributed by atoms with E-state index in [-0.39, 0.29) is 11.9 Å². The van der Waals surface area contributed by atoms with Gasteiger partial charge in [-0.3, -0.25) is 4.79 Å². The Morgan fingerprint density at radius 1 is 1.23 bits per heavy atom. The molecule has 2 heterocycles. The van der Waals surface area contributed by atoms with Crippen molar-refractivity contribution >= 4 is 39.5 Å². The highest BCUT2D eigenvalue weighted by atomic mass is 127. The number of unbranched alkanes of at least 4 members (excludes halogenated alkanes) is 1. The van der Waals surface area contributed by atoms with Gasteiger partial charge in [-0.15, -0.1) is 0 Å². The van der Waals surface area contributed by atoms with Crippen LogP contribution in [0.1, 0.15) is 53.8 Å². The number of hydrogen-bond donors (Lipinski definition) is 1. The van der Waals surface area contributed by atoms with Crippen LogP contribution in [0.5, 0.6) is 0 Å². The standard InChI is InChI=1S/C21H22IN3O/c1-3-4-10-19(15-8-6-5-7-9-15)25-21(26)18-12-16-11-17(22)13-23-20(16)24-14(18)2/h5-9,11-13,19H,3-4,10H2,1-2H3,(H,25,26). The number of aromatic nitrogens is 2. The lowest BCUT2D eigenvalue weighted by molar-refractivity contribution is 0.0933. The largest absolute Gasteiger partial charge is 0.345 e. The van der Waals surface area contributed by atoms with Gasteiger partial charge in [-0.1, -0.05) is 50.1 Å². The van der Waals surface area contributed by atoms with Crippen LogP contribution in [-0.2, 0) is 0 Å². The number of hydrogen-bond acceptors (Lipinski definition) is 3. The molecule has 3 rings (SSSR count). The summed E-state index contributed by atoms with van der Waals surface area (Å²) in [5.41, 5.74) is 3.12. The molecule has 2 aromatic heterocycles. The number of carbonyl (C=O) groups is 1. The maximum absolute atomic E-state index is 13.0. The van der Waals surface area contributed by atoms with Gasteiger partial charge in [-0.25, -0.2) is 9.97 Å². The lowest BCUT2D eigenvalue weighted by Crippen LogP contribution is -2.29. The Morgan fingerprint density at radius 2 is 2.00 bits per heavy atom. The smallest absolute Gasteiger partial charge is 0.253 e. The number of fused-ring (bicyclic) bond motifs is 1. The van der Waals surface area contributed by atoms with E-state index >= 15 is 0 Å². The average Bonchev–Trinajstić information content (AvgIpc) is 2.65. The molecule has 134 valence electrons. The number of aryl methyl sites for hydroxylation is 1. The van der Waals surface area contributed by atoms with E-state index in [0.29, 0.717) is 16.9 Å². The summed E-state index contributed by atoms with van der Waals surface area (Å²) in [5, 5.41) is 4.09. The van der Waals surface area contributed by atoms with Gasteiger partial charge in [0.25, 0.3) is 5.91 Å². The van der Waals surface area contributed by atoms with E-state index in [1.807, 2.05) is 37.3 Å². The lowest BCUT2D eigenvalue weighted by atomic mass is 10.0. The van der Waals surface area contributed by atoms with Crippen molar-refractivity contribution in [3.63, 3.8) is 0 Å². The van der Waals surface area contributed by atoms with Crippen LogP contribution in [0.15, 0.2) is 48.7 Å². The van der Waals surface area contributed by atoms with Crippen LogP contribution < -0.4 is 5.32 Å². The predicted octanol–water partition coefficient (Wildman–Crippen LogP) is 5.20. The minimum Gasteiger partial charge on any atom is -0.345 e. The number of rotatable bonds is 6. The van der Waals surface area contributed by atoms with Crippen molar-refractivity contribution in [3.8, 4) is 0 Å². The number of nitrogens with zero attached hydrogens (tertiary/aromatic N) is 2. The minimum atomic E-state index is -0.0827. The Balaban J connectivity index is 1.89. The van der Waals surface area contributed by atoms with Gasteiger partial charge in [0, 0.05) is 15.2 Å². The molecule has 1 aromatic carbocycles. The van der Waals surface area contributed by atoms with E-state index in [4.69, 9.17) is 0 Å². The van der Waals surface area contributed by atoms with E-state index in [9.17, 15) is 4.79 Å². The molecule has 0 fully saturated rings. The third-order valence-electron chi connectivity index (χ3n) is 4.42. The SMILES string of the molecule is CCCCC(NC(=O)c1cc2cc(I)cnc2nc1C)c1ccccc1.